The standard InChI is InChI=1S/C10H16N2O2/c11-9(13)7-5-3-1-2-4-6-8(7)10(12)14/h1-6H2,(H2,11,13)(H2,12,14)/b8-7-. The second-order valence-corrected chi connectivity index (χ2v) is 3.60. The van der Waals surface area contributed by atoms with E-state index in [-0.39, 0.29) is 0 Å². The average molecular weight is 196 g/mol. The van der Waals surface area contributed by atoms with Gasteiger partial charge in [-0.05, 0) is 25.7 Å². The van der Waals surface area contributed by atoms with Gasteiger partial charge in [-0.25, -0.2) is 0 Å². The van der Waals surface area contributed by atoms with E-state index in [1.54, 1.807) is 0 Å². The smallest absolute Gasteiger partial charge is 0.245 e. The molecule has 4 N–H and O–H groups in total. The van der Waals surface area contributed by atoms with Crippen molar-refractivity contribution in [3.05, 3.63) is 11.1 Å². The number of carbonyl (C=O) groups is 2. The number of nitrogens with two attached hydrogens (primary N) is 2. The predicted molar refractivity (Wildman–Crippen MR) is 53.1 cm³/mol. The lowest BCUT2D eigenvalue weighted by Crippen LogP contribution is -2.23. The summed E-state index contributed by atoms with van der Waals surface area (Å²) in [5.74, 6) is -0.999. The molecule has 1 rings (SSSR count). The second-order valence-electron chi connectivity index (χ2n) is 3.60. The highest BCUT2D eigenvalue weighted by atomic mass is 16.2. The van der Waals surface area contributed by atoms with Gasteiger partial charge in [0, 0.05) is 11.1 Å². The molecule has 1 aliphatic rings. The van der Waals surface area contributed by atoms with Crippen molar-refractivity contribution in [2.24, 2.45) is 11.5 Å². The van der Waals surface area contributed by atoms with Crippen molar-refractivity contribution in [3.63, 3.8) is 0 Å². The van der Waals surface area contributed by atoms with E-state index in [2.05, 4.69) is 0 Å². The summed E-state index contributed by atoms with van der Waals surface area (Å²) in [6.45, 7) is 0. The molecular formula is C10H16N2O2. The SMILES string of the molecule is NC(=O)/C1=C(\C(N)=O)CCCCCC1. The van der Waals surface area contributed by atoms with Gasteiger partial charge in [0.15, 0.2) is 0 Å². The summed E-state index contributed by atoms with van der Waals surface area (Å²) in [6.07, 6.45) is 5.18. The Morgan fingerprint density at radius 3 is 1.43 bits per heavy atom. The van der Waals surface area contributed by atoms with Gasteiger partial charge < -0.3 is 11.5 Å². The molecule has 0 bridgehead atoms. The van der Waals surface area contributed by atoms with Gasteiger partial charge in [-0.2, -0.15) is 0 Å². The molecule has 4 heteroatoms. The molecule has 0 saturated carbocycles. The minimum absolute atomic E-state index is 0.442. The zero-order valence-corrected chi connectivity index (χ0v) is 8.21. The molecule has 4 nitrogen and oxygen atoms in total. The van der Waals surface area contributed by atoms with Crippen molar-refractivity contribution >= 4 is 11.8 Å². The maximum atomic E-state index is 11.1. The lowest BCUT2D eigenvalue weighted by atomic mass is 9.92. The summed E-state index contributed by atoms with van der Waals surface area (Å²) < 4.78 is 0. The maximum Gasteiger partial charge on any atom is 0.245 e. The molecule has 0 aromatic heterocycles. The number of hydrogen-bond donors (Lipinski definition) is 2. The van der Waals surface area contributed by atoms with Gasteiger partial charge >= 0.3 is 0 Å². The fourth-order valence-electron chi connectivity index (χ4n) is 1.80. The van der Waals surface area contributed by atoms with Crippen LogP contribution in [0.4, 0.5) is 0 Å². The zero-order valence-electron chi connectivity index (χ0n) is 8.21. The van der Waals surface area contributed by atoms with Crippen molar-refractivity contribution in [1.29, 1.82) is 0 Å². The fraction of sp³-hybridized carbons (Fsp3) is 0.600. The number of hydrogen-bond acceptors (Lipinski definition) is 2. The molecule has 0 aromatic carbocycles. The van der Waals surface area contributed by atoms with Crippen LogP contribution in [0.1, 0.15) is 38.5 Å². The summed E-state index contributed by atoms with van der Waals surface area (Å²) >= 11 is 0. The molecule has 0 fully saturated rings. The van der Waals surface area contributed by atoms with Gasteiger partial charge in [-0.1, -0.05) is 12.8 Å². The summed E-state index contributed by atoms with van der Waals surface area (Å²) in [5.41, 5.74) is 11.3. The van der Waals surface area contributed by atoms with E-state index in [1.807, 2.05) is 0 Å². The van der Waals surface area contributed by atoms with E-state index >= 15 is 0 Å². The molecule has 0 aliphatic heterocycles. The van der Waals surface area contributed by atoms with Crippen LogP contribution in [0.15, 0.2) is 11.1 Å². The number of rotatable bonds is 2. The molecule has 0 unspecified atom stereocenters. The first kappa shape index (κ1) is 10.8. The highest BCUT2D eigenvalue weighted by Crippen LogP contribution is 2.22. The Bertz CT molecular complexity index is 254. The van der Waals surface area contributed by atoms with Crippen LogP contribution in [0.25, 0.3) is 0 Å². The summed E-state index contributed by atoms with van der Waals surface area (Å²) in [4.78, 5) is 22.2. The third kappa shape index (κ3) is 2.58. The molecule has 78 valence electrons. The monoisotopic (exact) mass is 196 g/mol. The second kappa shape index (κ2) is 4.79. The molecule has 0 radical (unpaired) electrons. The van der Waals surface area contributed by atoms with E-state index in [1.165, 1.54) is 0 Å². The number of amides is 2. The quantitative estimate of drug-likeness (QED) is 0.677. The van der Waals surface area contributed by atoms with Crippen LogP contribution in [0.2, 0.25) is 0 Å². The summed E-state index contributed by atoms with van der Waals surface area (Å²) in [5, 5.41) is 0. The normalized spacial score (nSPS) is 23.7. The Morgan fingerprint density at radius 2 is 1.14 bits per heavy atom. The molecule has 0 heterocycles. The molecular weight excluding hydrogens is 180 g/mol. The molecule has 14 heavy (non-hydrogen) atoms. The molecule has 0 aromatic rings. The fourth-order valence-corrected chi connectivity index (χ4v) is 1.80. The third-order valence-corrected chi connectivity index (χ3v) is 2.56. The molecule has 1 aliphatic carbocycles. The molecule has 2 amide bonds. The first-order chi connectivity index (χ1) is 6.63. The van der Waals surface area contributed by atoms with E-state index in [4.69, 9.17) is 11.5 Å². The zero-order chi connectivity index (χ0) is 10.6. The van der Waals surface area contributed by atoms with Gasteiger partial charge in [-0.15, -0.1) is 0 Å². The van der Waals surface area contributed by atoms with Gasteiger partial charge in [0.2, 0.25) is 11.8 Å². The van der Waals surface area contributed by atoms with Crippen LogP contribution in [0.3, 0.4) is 0 Å². The van der Waals surface area contributed by atoms with Crippen LogP contribution in [0, 0.1) is 0 Å². The molecule has 0 atom stereocenters. The van der Waals surface area contributed by atoms with Crippen LogP contribution in [0.5, 0.6) is 0 Å². The molecule has 0 saturated heterocycles. The van der Waals surface area contributed by atoms with Crippen molar-refractivity contribution < 1.29 is 9.59 Å². The minimum Gasteiger partial charge on any atom is -0.366 e. The molecule has 0 spiro atoms. The van der Waals surface area contributed by atoms with Crippen LogP contribution >= 0.6 is 0 Å². The Balaban J connectivity index is 2.97. The Kier molecular flexibility index (Phi) is 3.68. The predicted octanol–water partition coefficient (Wildman–Crippen LogP) is 0.608. The first-order valence-electron chi connectivity index (χ1n) is 4.94. The van der Waals surface area contributed by atoms with Gasteiger partial charge in [0.05, 0.1) is 0 Å². The largest absolute Gasteiger partial charge is 0.366 e. The van der Waals surface area contributed by atoms with Crippen molar-refractivity contribution in [2.75, 3.05) is 0 Å². The Labute approximate surface area is 83.3 Å². The van der Waals surface area contributed by atoms with Gasteiger partial charge in [0.25, 0.3) is 0 Å². The lowest BCUT2D eigenvalue weighted by Gasteiger charge is -2.13. The minimum atomic E-state index is -0.499. The third-order valence-electron chi connectivity index (χ3n) is 2.56. The average Bonchev–Trinajstić information content (AvgIpc) is 2.01. The number of carbonyl (C=O) groups excluding carboxylic acids is 2. The summed E-state index contributed by atoms with van der Waals surface area (Å²) in [7, 11) is 0. The van der Waals surface area contributed by atoms with E-state index in [0.717, 1.165) is 25.7 Å². The summed E-state index contributed by atoms with van der Waals surface area (Å²) in [6, 6.07) is 0. The maximum absolute atomic E-state index is 11.1. The lowest BCUT2D eigenvalue weighted by molar-refractivity contribution is -0.117. The van der Waals surface area contributed by atoms with E-state index in [0.29, 0.717) is 24.0 Å². The Morgan fingerprint density at radius 1 is 0.786 bits per heavy atom. The van der Waals surface area contributed by atoms with Crippen LogP contribution < -0.4 is 11.5 Å². The Hall–Kier alpha value is -1.32. The highest BCUT2D eigenvalue weighted by molar-refractivity contribution is 6.03. The van der Waals surface area contributed by atoms with Crippen molar-refractivity contribution in [3.8, 4) is 0 Å². The van der Waals surface area contributed by atoms with Crippen LogP contribution in [-0.2, 0) is 9.59 Å². The van der Waals surface area contributed by atoms with E-state index < -0.39 is 11.8 Å². The highest BCUT2D eigenvalue weighted by Gasteiger charge is 2.18. The first-order valence-corrected chi connectivity index (χ1v) is 4.94. The topological polar surface area (TPSA) is 86.2 Å². The number of primary amides is 2. The van der Waals surface area contributed by atoms with Crippen LogP contribution in [-0.4, -0.2) is 11.8 Å². The van der Waals surface area contributed by atoms with Crippen molar-refractivity contribution in [1.82, 2.24) is 0 Å². The van der Waals surface area contributed by atoms with Gasteiger partial charge in [0.1, 0.15) is 0 Å². The van der Waals surface area contributed by atoms with Crippen molar-refractivity contribution in [2.45, 2.75) is 38.5 Å². The van der Waals surface area contributed by atoms with E-state index in [9.17, 15) is 9.59 Å². The van der Waals surface area contributed by atoms with Gasteiger partial charge in [-0.3, -0.25) is 9.59 Å².